The summed E-state index contributed by atoms with van der Waals surface area (Å²) >= 11 is 0. The molecule has 2 aromatic heterocycles. The Labute approximate surface area is 225 Å². The topological polar surface area (TPSA) is 99.2 Å². The average molecular weight is 555 g/mol. The van der Waals surface area contributed by atoms with Crippen molar-refractivity contribution in [2.24, 2.45) is 5.14 Å². The second kappa shape index (κ2) is 9.98. The second-order valence-electron chi connectivity index (χ2n) is 9.97. The third kappa shape index (κ3) is 4.91. The lowest BCUT2D eigenvalue weighted by Gasteiger charge is -2.26. The van der Waals surface area contributed by atoms with Crippen molar-refractivity contribution >= 4 is 15.7 Å². The molecule has 2 aliphatic rings. The maximum Gasteiger partial charge on any atom is 0.219 e. The zero-order valence-electron chi connectivity index (χ0n) is 21.1. The Kier molecular flexibility index (Phi) is 6.62. The highest BCUT2D eigenvalue weighted by molar-refractivity contribution is 7.90. The monoisotopic (exact) mass is 554 g/mol. The highest BCUT2D eigenvalue weighted by Crippen LogP contribution is 2.53. The lowest BCUT2D eigenvalue weighted by molar-refractivity contribution is 0.0322. The van der Waals surface area contributed by atoms with E-state index in [4.69, 9.17) is 14.6 Å². The minimum atomic E-state index is -3.95. The molecule has 204 valence electrons. The average Bonchev–Trinajstić information content (AvgIpc) is 3.64. The van der Waals surface area contributed by atoms with Gasteiger partial charge in [-0.3, -0.25) is 9.30 Å². The highest BCUT2D eigenvalue weighted by Gasteiger charge is 2.54. The third-order valence-electron chi connectivity index (χ3n) is 7.52. The molecule has 39 heavy (non-hydrogen) atoms. The van der Waals surface area contributed by atoms with Gasteiger partial charge in [0.05, 0.1) is 30.7 Å². The minimum Gasteiger partial charge on any atom is -0.492 e. The quantitative estimate of drug-likeness (QED) is 0.354. The molecule has 4 aromatic rings. The number of primary sulfonamides is 1. The van der Waals surface area contributed by atoms with E-state index in [1.165, 1.54) is 24.3 Å². The summed E-state index contributed by atoms with van der Waals surface area (Å²) in [6, 6.07) is 12.2. The van der Waals surface area contributed by atoms with E-state index in [1.54, 1.807) is 18.3 Å². The molecule has 2 fully saturated rings. The molecule has 3 heterocycles. The summed E-state index contributed by atoms with van der Waals surface area (Å²) in [5.74, 6) is -0.812. The van der Waals surface area contributed by atoms with E-state index in [9.17, 15) is 17.2 Å². The van der Waals surface area contributed by atoms with E-state index >= 15 is 0 Å². The van der Waals surface area contributed by atoms with Gasteiger partial charge in [0.1, 0.15) is 34.4 Å². The number of ether oxygens (including phenoxy) is 2. The summed E-state index contributed by atoms with van der Waals surface area (Å²) in [7, 11) is -3.95. The smallest absolute Gasteiger partial charge is 0.219 e. The zero-order chi connectivity index (χ0) is 27.2. The summed E-state index contributed by atoms with van der Waals surface area (Å²) in [5.41, 5.74) is 2.22. The van der Waals surface area contributed by atoms with Gasteiger partial charge >= 0.3 is 0 Å². The molecule has 1 saturated carbocycles. The first kappa shape index (κ1) is 25.9. The van der Waals surface area contributed by atoms with Crippen LogP contribution in [0.3, 0.4) is 0 Å². The Bertz CT molecular complexity index is 1630. The van der Waals surface area contributed by atoms with Crippen LogP contribution in [0.15, 0.2) is 60.9 Å². The van der Waals surface area contributed by atoms with Gasteiger partial charge in [0.2, 0.25) is 10.0 Å². The van der Waals surface area contributed by atoms with Crippen molar-refractivity contribution in [3.63, 3.8) is 0 Å². The van der Waals surface area contributed by atoms with Crippen molar-refractivity contribution in [3.05, 3.63) is 78.1 Å². The van der Waals surface area contributed by atoms with Crippen molar-refractivity contribution in [2.75, 3.05) is 39.5 Å². The first-order valence-corrected chi connectivity index (χ1v) is 14.3. The standard InChI is InChI=1S/C28H28F2N4O4S/c29-23-2-1-3-24(30)27(23)20-14-19(15-21(16-20)28(5-6-28)39(31,35)36)25-18-32-26-17-22(4-7-34(25)26)38-13-10-33-8-11-37-12-9-33/h1-4,7,14-18H,5-6,8-13H2,(H2,31,35,36). The molecule has 0 bridgehead atoms. The number of nitrogens with two attached hydrogens (primary N) is 1. The summed E-state index contributed by atoms with van der Waals surface area (Å²) in [6.45, 7) is 4.55. The van der Waals surface area contributed by atoms with E-state index in [-0.39, 0.29) is 11.1 Å². The molecule has 2 N–H and O–H groups in total. The Morgan fingerprint density at radius 1 is 1.03 bits per heavy atom. The van der Waals surface area contributed by atoms with Crippen LogP contribution in [0.2, 0.25) is 0 Å². The van der Waals surface area contributed by atoms with Crippen LogP contribution >= 0.6 is 0 Å². The molecule has 2 aromatic carbocycles. The molecule has 1 aliphatic carbocycles. The molecule has 0 unspecified atom stereocenters. The van der Waals surface area contributed by atoms with Gasteiger partial charge in [0.25, 0.3) is 0 Å². The SMILES string of the molecule is NS(=O)(=O)C1(c2cc(-c3c(F)cccc3F)cc(-c3cnc4cc(OCCN5CCOCC5)ccn34)c2)CC1. The minimum absolute atomic E-state index is 0.226. The van der Waals surface area contributed by atoms with Crippen LogP contribution in [0.5, 0.6) is 5.75 Å². The number of pyridine rings is 1. The third-order valence-corrected chi connectivity index (χ3v) is 9.25. The first-order valence-electron chi connectivity index (χ1n) is 12.8. The summed E-state index contributed by atoms with van der Waals surface area (Å²) in [5, 5.41) is 5.60. The van der Waals surface area contributed by atoms with Gasteiger partial charge in [-0.15, -0.1) is 0 Å². The molecule has 0 amide bonds. The normalized spacial score (nSPS) is 17.4. The van der Waals surface area contributed by atoms with Gasteiger partial charge < -0.3 is 9.47 Å². The highest BCUT2D eigenvalue weighted by atomic mass is 32.2. The molecule has 1 aliphatic heterocycles. The number of rotatable bonds is 8. The summed E-state index contributed by atoms with van der Waals surface area (Å²) < 4.78 is 66.5. The van der Waals surface area contributed by atoms with Crippen LogP contribution in [-0.2, 0) is 19.5 Å². The second-order valence-corrected chi connectivity index (χ2v) is 11.8. The zero-order valence-corrected chi connectivity index (χ0v) is 22.0. The van der Waals surface area contributed by atoms with Crippen LogP contribution in [-0.4, -0.2) is 62.2 Å². The molecule has 0 radical (unpaired) electrons. The lowest BCUT2D eigenvalue weighted by atomic mass is 9.95. The number of fused-ring (bicyclic) bond motifs is 1. The Balaban J connectivity index is 1.36. The molecule has 1 saturated heterocycles. The number of aromatic nitrogens is 2. The fraction of sp³-hybridized carbons (Fsp3) is 0.321. The van der Waals surface area contributed by atoms with Crippen LogP contribution in [0.1, 0.15) is 18.4 Å². The molecule has 6 rings (SSSR count). The Morgan fingerprint density at radius 2 is 1.74 bits per heavy atom. The van der Waals surface area contributed by atoms with E-state index in [0.29, 0.717) is 47.7 Å². The number of imidazole rings is 1. The molecular formula is C28H28F2N4O4S. The number of hydrogen-bond donors (Lipinski definition) is 1. The van der Waals surface area contributed by atoms with E-state index in [0.717, 1.165) is 32.8 Å². The lowest BCUT2D eigenvalue weighted by Crippen LogP contribution is -2.38. The predicted octanol–water partition coefficient (Wildman–Crippen LogP) is 3.94. The molecule has 8 nitrogen and oxygen atoms in total. The number of morpholine rings is 1. The van der Waals surface area contributed by atoms with Gasteiger partial charge in [-0.2, -0.15) is 0 Å². The first-order chi connectivity index (χ1) is 18.7. The molecule has 0 atom stereocenters. The van der Waals surface area contributed by atoms with Crippen molar-refractivity contribution in [1.29, 1.82) is 0 Å². The Morgan fingerprint density at radius 3 is 2.44 bits per heavy atom. The molecular weight excluding hydrogens is 526 g/mol. The van der Waals surface area contributed by atoms with Gasteiger partial charge in [-0.25, -0.2) is 27.3 Å². The maximum absolute atomic E-state index is 14.8. The largest absolute Gasteiger partial charge is 0.492 e. The number of hydrogen-bond acceptors (Lipinski definition) is 6. The van der Waals surface area contributed by atoms with Crippen LogP contribution in [0.4, 0.5) is 8.78 Å². The van der Waals surface area contributed by atoms with E-state index in [1.807, 2.05) is 22.7 Å². The Hall–Kier alpha value is -3.38. The number of benzene rings is 2. The number of halogens is 2. The predicted molar refractivity (Wildman–Crippen MR) is 143 cm³/mol. The van der Waals surface area contributed by atoms with Gasteiger partial charge in [0.15, 0.2) is 0 Å². The van der Waals surface area contributed by atoms with Gasteiger partial charge in [-0.1, -0.05) is 6.07 Å². The number of sulfonamides is 1. The van der Waals surface area contributed by atoms with Crippen LogP contribution < -0.4 is 9.88 Å². The summed E-state index contributed by atoms with van der Waals surface area (Å²) in [6.07, 6.45) is 4.13. The fourth-order valence-corrected chi connectivity index (χ4v) is 6.31. The maximum atomic E-state index is 14.8. The van der Waals surface area contributed by atoms with Crippen LogP contribution in [0.25, 0.3) is 28.0 Å². The number of nitrogens with zero attached hydrogens (tertiary/aromatic N) is 3. The van der Waals surface area contributed by atoms with E-state index in [2.05, 4.69) is 9.88 Å². The van der Waals surface area contributed by atoms with Crippen molar-refractivity contribution in [2.45, 2.75) is 17.6 Å². The van der Waals surface area contributed by atoms with Crippen molar-refractivity contribution in [1.82, 2.24) is 14.3 Å². The van der Waals surface area contributed by atoms with Gasteiger partial charge in [0, 0.05) is 37.5 Å². The fourth-order valence-electron chi connectivity index (χ4n) is 5.19. The molecule has 0 spiro atoms. The summed E-state index contributed by atoms with van der Waals surface area (Å²) in [4.78, 5) is 6.80. The van der Waals surface area contributed by atoms with Gasteiger partial charge in [-0.05, 0) is 60.4 Å². The van der Waals surface area contributed by atoms with E-state index < -0.39 is 26.4 Å². The van der Waals surface area contributed by atoms with Crippen molar-refractivity contribution < 1.29 is 26.7 Å². The molecule has 11 heteroatoms. The van der Waals surface area contributed by atoms with Crippen LogP contribution in [0, 0.1) is 11.6 Å². The van der Waals surface area contributed by atoms with Crippen molar-refractivity contribution in [3.8, 4) is 28.1 Å².